The molecule has 0 saturated carbocycles. The minimum absolute atomic E-state index is 0. The second-order valence-electron chi connectivity index (χ2n) is 7.04. The first-order chi connectivity index (χ1) is 16.6. The van der Waals surface area contributed by atoms with Gasteiger partial charge in [-0.3, -0.25) is 9.98 Å². The van der Waals surface area contributed by atoms with Crippen LogP contribution in [0.2, 0.25) is 0 Å². The topological polar surface area (TPSA) is 108 Å². The number of para-hydroxylation sites is 4. The van der Waals surface area contributed by atoms with E-state index in [0.29, 0.717) is 35.7 Å². The Morgan fingerprint density at radius 3 is 1.46 bits per heavy atom. The number of nitrogens with zero attached hydrogens (tertiary/aromatic N) is 2. The molecule has 3 rings (SSSR count). The molecule has 0 aliphatic rings. The number of hydrogen-bond acceptors (Lipinski definition) is 8. The van der Waals surface area contributed by atoms with Crippen molar-refractivity contribution in [3.63, 3.8) is 0 Å². The quantitative estimate of drug-likeness (QED) is 0.206. The van der Waals surface area contributed by atoms with Gasteiger partial charge in [0.2, 0.25) is 0 Å². The van der Waals surface area contributed by atoms with Gasteiger partial charge in [0.05, 0.1) is 24.6 Å². The van der Waals surface area contributed by atoms with Crippen molar-refractivity contribution in [3.05, 3.63) is 71.8 Å². The third-order valence-electron chi connectivity index (χ3n) is 4.68. The molecule has 3 aromatic carbocycles. The van der Waals surface area contributed by atoms with E-state index in [9.17, 15) is 10.2 Å². The Balaban J connectivity index is 0.00000432. The number of rotatable bonds is 12. The molecule has 3 aromatic rings. The third-order valence-corrected chi connectivity index (χ3v) is 4.68. The van der Waals surface area contributed by atoms with E-state index in [1.54, 1.807) is 62.8 Å². The molecule has 0 N–H and O–H groups in total. The van der Waals surface area contributed by atoms with Gasteiger partial charge in [0.25, 0.3) is 0 Å². The smallest absolute Gasteiger partial charge is 0.870 e. The van der Waals surface area contributed by atoms with Gasteiger partial charge in [0, 0.05) is 26.6 Å². The van der Waals surface area contributed by atoms with E-state index in [4.69, 9.17) is 18.9 Å². The Morgan fingerprint density at radius 1 is 0.629 bits per heavy atom. The van der Waals surface area contributed by atoms with Gasteiger partial charge in [-0.05, 0) is 35.4 Å². The van der Waals surface area contributed by atoms with Gasteiger partial charge in [0.1, 0.15) is 24.7 Å². The minimum Gasteiger partial charge on any atom is -0.870 e. The van der Waals surface area contributed by atoms with Gasteiger partial charge in [-0.25, -0.2) is 0 Å². The summed E-state index contributed by atoms with van der Waals surface area (Å²) in [6, 6.07) is 17.2. The SMILES string of the molecule is COCCOc1cccc(C=Nc2ccccc2N=Cc2cccc(OCCOC)c2[O-])c1[O-].[Ni+2]. The van der Waals surface area contributed by atoms with E-state index >= 15 is 0 Å². The van der Waals surface area contributed by atoms with Crippen molar-refractivity contribution < 1.29 is 45.7 Å². The fourth-order valence-corrected chi connectivity index (χ4v) is 2.93. The summed E-state index contributed by atoms with van der Waals surface area (Å²) in [5.41, 5.74) is 1.86. The van der Waals surface area contributed by atoms with Crippen molar-refractivity contribution in [1.29, 1.82) is 0 Å². The van der Waals surface area contributed by atoms with E-state index in [1.807, 2.05) is 12.1 Å². The molecule has 0 aliphatic carbocycles. The Bertz CT molecular complexity index is 1050. The normalized spacial score (nSPS) is 11.0. The number of benzene rings is 3. The summed E-state index contributed by atoms with van der Waals surface area (Å²) < 4.78 is 20.8. The van der Waals surface area contributed by atoms with Gasteiger partial charge in [-0.1, -0.05) is 47.9 Å². The number of aliphatic imine (C=N–C) groups is 2. The third kappa shape index (κ3) is 8.10. The Morgan fingerprint density at radius 2 is 1.06 bits per heavy atom. The zero-order valence-corrected chi connectivity index (χ0v) is 20.4. The Hall–Kier alpha value is -3.39. The van der Waals surface area contributed by atoms with E-state index in [0.717, 1.165) is 0 Å². The van der Waals surface area contributed by atoms with Crippen molar-refractivity contribution in [1.82, 2.24) is 0 Å². The van der Waals surface area contributed by atoms with Gasteiger partial charge >= 0.3 is 16.5 Å². The second kappa shape index (κ2) is 14.8. The fraction of sp³-hybridized carbons (Fsp3) is 0.231. The van der Waals surface area contributed by atoms with E-state index in [-0.39, 0.29) is 52.7 Å². The first kappa shape index (κ1) is 27.9. The molecule has 0 saturated heterocycles. The van der Waals surface area contributed by atoms with Gasteiger partial charge < -0.3 is 29.2 Å². The zero-order chi connectivity index (χ0) is 24.2. The van der Waals surface area contributed by atoms with Crippen LogP contribution in [0.5, 0.6) is 23.0 Å². The van der Waals surface area contributed by atoms with Crippen molar-refractivity contribution in [2.75, 3.05) is 40.6 Å². The first-order valence-electron chi connectivity index (χ1n) is 10.6. The average molecular weight is 521 g/mol. The standard InChI is InChI=1S/C26H28N2O6.Ni/c1-31-13-15-33-23-11-5-7-19(25(23)29)17-27-21-9-3-4-10-22(21)28-18-20-8-6-12-24(26(20)30)34-16-14-32-2;/h3-12,17-18,29-30H,13-16H2,1-2H3;/q;+2/p-2. The summed E-state index contributed by atoms with van der Waals surface area (Å²) in [6.45, 7) is 1.33. The van der Waals surface area contributed by atoms with Crippen molar-refractivity contribution in [2.24, 2.45) is 9.98 Å². The van der Waals surface area contributed by atoms with Crippen LogP contribution in [0.15, 0.2) is 70.6 Å². The molecule has 186 valence electrons. The zero-order valence-electron chi connectivity index (χ0n) is 19.4. The molecular formula is C26H26N2NiO6. The van der Waals surface area contributed by atoms with Crippen LogP contribution in [0.3, 0.4) is 0 Å². The monoisotopic (exact) mass is 520 g/mol. The predicted molar refractivity (Wildman–Crippen MR) is 127 cm³/mol. The molecule has 0 fully saturated rings. The van der Waals surface area contributed by atoms with Crippen LogP contribution in [-0.4, -0.2) is 53.1 Å². The van der Waals surface area contributed by atoms with Gasteiger partial charge in [-0.2, -0.15) is 0 Å². The maximum absolute atomic E-state index is 12.6. The summed E-state index contributed by atoms with van der Waals surface area (Å²) in [7, 11) is 3.13. The van der Waals surface area contributed by atoms with Crippen molar-refractivity contribution in [3.8, 4) is 23.0 Å². The molecule has 0 unspecified atom stereocenters. The Labute approximate surface area is 214 Å². The average Bonchev–Trinajstić information content (AvgIpc) is 2.85. The predicted octanol–water partition coefficient (Wildman–Crippen LogP) is 3.38. The van der Waals surface area contributed by atoms with Crippen LogP contribution in [0.1, 0.15) is 11.1 Å². The van der Waals surface area contributed by atoms with Crippen LogP contribution < -0.4 is 19.7 Å². The largest absolute Gasteiger partial charge is 2.00 e. The molecule has 35 heavy (non-hydrogen) atoms. The number of hydrogen-bond donors (Lipinski definition) is 0. The molecular weight excluding hydrogens is 495 g/mol. The van der Waals surface area contributed by atoms with Crippen LogP contribution in [0, 0.1) is 0 Å². The molecule has 0 radical (unpaired) electrons. The molecule has 0 spiro atoms. The molecule has 0 atom stereocenters. The molecule has 0 bridgehead atoms. The Kier molecular flexibility index (Phi) is 11.8. The second-order valence-corrected chi connectivity index (χ2v) is 7.04. The van der Waals surface area contributed by atoms with Crippen molar-refractivity contribution in [2.45, 2.75) is 0 Å². The molecule has 9 heteroatoms. The molecule has 0 aliphatic heterocycles. The summed E-state index contributed by atoms with van der Waals surface area (Å²) >= 11 is 0. The summed E-state index contributed by atoms with van der Waals surface area (Å²) in [5, 5.41) is 25.2. The molecule has 0 aromatic heterocycles. The summed E-state index contributed by atoms with van der Waals surface area (Å²) in [6.07, 6.45) is 2.95. The van der Waals surface area contributed by atoms with Gasteiger partial charge in [-0.15, -0.1) is 0 Å². The van der Waals surface area contributed by atoms with Gasteiger partial charge in [0.15, 0.2) is 0 Å². The molecule has 0 amide bonds. The van der Waals surface area contributed by atoms with E-state index in [2.05, 4.69) is 9.98 Å². The van der Waals surface area contributed by atoms with E-state index < -0.39 is 0 Å². The molecule has 0 heterocycles. The van der Waals surface area contributed by atoms with Crippen LogP contribution in [0.25, 0.3) is 0 Å². The maximum atomic E-state index is 12.6. The van der Waals surface area contributed by atoms with E-state index in [1.165, 1.54) is 12.4 Å². The van der Waals surface area contributed by atoms with Crippen molar-refractivity contribution >= 4 is 23.8 Å². The number of methoxy groups -OCH3 is 2. The van der Waals surface area contributed by atoms with Crippen LogP contribution in [0.4, 0.5) is 11.4 Å². The van der Waals surface area contributed by atoms with Crippen LogP contribution in [-0.2, 0) is 26.0 Å². The first-order valence-corrected chi connectivity index (χ1v) is 10.6. The fourth-order valence-electron chi connectivity index (χ4n) is 2.93. The molecule has 8 nitrogen and oxygen atoms in total. The maximum Gasteiger partial charge on any atom is 2.00 e. The summed E-state index contributed by atoms with van der Waals surface area (Å²) in [4.78, 5) is 8.88. The summed E-state index contributed by atoms with van der Waals surface area (Å²) in [5.74, 6) is -0.0417. The minimum atomic E-state index is -0.260. The number of ether oxygens (including phenoxy) is 4. The van der Waals surface area contributed by atoms with Crippen LogP contribution >= 0.6 is 0 Å².